The van der Waals surface area contributed by atoms with E-state index in [0.29, 0.717) is 42.1 Å². The number of hydrogen-bond acceptors (Lipinski definition) is 4. The number of nitrogens with two attached hydrogens (primary N) is 1. The standard InChI is InChI=1S/C21H26N4O4/c1-29-18-12-10-17(11-13-18)25-20(27)15-6-8-16(9-7-15)24-19(26)5-3-2-4-14-23-21(22)28/h6-13H,2-5,14H2,1H3,(H,24,26)(H,25,27)(H3,22,23,28). The largest absolute Gasteiger partial charge is 0.497 e. The molecule has 0 spiro atoms. The molecular weight excluding hydrogens is 372 g/mol. The Kier molecular flexibility index (Phi) is 8.50. The Morgan fingerprint density at radius 2 is 1.48 bits per heavy atom. The van der Waals surface area contributed by atoms with Gasteiger partial charge < -0.3 is 26.4 Å². The molecule has 0 radical (unpaired) electrons. The summed E-state index contributed by atoms with van der Waals surface area (Å²) in [5.41, 5.74) is 6.76. The number of nitrogens with one attached hydrogen (secondary N) is 3. The van der Waals surface area contributed by atoms with Crippen LogP contribution < -0.4 is 26.4 Å². The van der Waals surface area contributed by atoms with Crippen molar-refractivity contribution in [3.8, 4) is 5.75 Å². The van der Waals surface area contributed by atoms with Crippen LogP contribution in [-0.4, -0.2) is 31.5 Å². The number of primary amides is 1. The van der Waals surface area contributed by atoms with Crippen LogP contribution in [0, 0.1) is 0 Å². The number of anilines is 2. The third-order valence-corrected chi connectivity index (χ3v) is 4.16. The van der Waals surface area contributed by atoms with Gasteiger partial charge in [-0.3, -0.25) is 9.59 Å². The van der Waals surface area contributed by atoms with Crippen molar-refractivity contribution in [2.75, 3.05) is 24.3 Å². The zero-order valence-corrected chi connectivity index (χ0v) is 16.4. The normalized spacial score (nSPS) is 10.1. The van der Waals surface area contributed by atoms with E-state index in [4.69, 9.17) is 10.5 Å². The second-order valence-electron chi connectivity index (χ2n) is 6.41. The highest BCUT2D eigenvalue weighted by molar-refractivity contribution is 6.04. The van der Waals surface area contributed by atoms with Crippen molar-refractivity contribution in [2.45, 2.75) is 25.7 Å². The topological polar surface area (TPSA) is 123 Å². The lowest BCUT2D eigenvalue weighted by atomic mass is 10.1. The first-order chi connectivity index (χ1) is 14.0. The van der Waals surface area contributed by atoms with Gasteiger partial charge in [-0.15, -0.1) is 0 Å². The average Bonchev–Trinajstić information content (AvgIpc) is 2.71. The van der Waals surface area contributed by atoms with E-state index in [2.05, 4.69) is 16.0 Å². The molecule has 0 saturated carbocycles. The summed E-state index contributed by atoms with van der Waals surface area (Å²) in [6, 6.07) is 13.2. The summed E-state index contributed by atoms with van der Waals surface area (Å²) in [4.78, 5) is 34.8. The molecule has 0 unspecified atom stereocenters. The number of urea groups is 1. The van der Waals surface area contributed by atoms with E-state index in [1.807, 2.05) is 0 Å². The van der Waals surface area contributed by atoms with Crippen molar-refractivity contribution in [1.82, 2.24) is 5.32 Å². The summed E-state index contributed by atoms with van der Waals surface area (Å²) < 4.78 is 5.09. The summed E-state index contributed by atoms with van der Waals surface area (Å²) in [6.07, 6.45) is 2.69. The first kappa shape index (κ1) is 21.7. The molecule has 0 bridgehead atoms. The lowest BCUT2D eigenvalue weighted by Gasteiger charge is -2.08. The van der Waals surface area contributed by atoms with Gasteiger partial charge in [-0.1, -0.05) is 6.42 Å². The van der Waals surface area contributed by atoms with Crippen LogP contribution in [0.5, 0.6) is 5.75 Å². The van der Waals surface area contributed by atoms with E-state index in [0.717, 1.165) is 12.8 Å². The molecular formula is C21H26N4O4. The third-order valence-electron chi connectivity index (χ3n) is 4.16. The summed E-state index contributed by atoms with van der Waals surface area (Å²) in [5, 5.41) is 8.12. The molecule has 2 aromatic carbocycles. The SMILES string of the molecule is COc1ccc(NC(=O)c2ccc(NC(=O)CCCCCNC(N)=O)cc2)cc1. The Morgan fingerprint density at radius 1 is 0.862 bits per heavy atom. The van der Waals surface area contributed by atoms with Crippen LogP contribution in [0.3, 0.4) is 0 Å². The van der Waals surface area contributed by atoms with Gasteiger partial charge in [0.15, 0.2) is 0 Å². The van der Waals surface area contributed by atoms with E-state index >= 15 is 0 Å². The van der Waals surface area contributed by atoms with E-state index in [1.54, 1.807) is 55.6 Å². The maximum Gasteiger partial charge on any atom is 0.312 e. The van der Waals surface area contributed by atoms with Gasteiger partial charge in [-0.25, -0.2) is 4.79 Å². The summed E-state index contributed by atoms with van der Waals surface area (Å²) >= 11 is 0. The van der Waals surface area contributed by atoms with E-state index < -0.39 is 6.03 Å². The maximum atomic E-state index is 12.3. The van der Waals surface area contributed by atoms with Gasteiger partial charge in [0.1, 0.15) is 5.75 Å². The van der Waals surface area contributed by atoms with Crippen molar-refractivity contribution in [2.24, 2.45) is 5.73 Å². The lowest BCUT2D eigenvalue weighted by Crippen LogP contribution is -2.29. The molecule has 0 aromatic heterocycles. The van der Waals surface area contributed by atoms with Gasteiger partial charge in [-0.05, 0) is 61.4 Å². The second-order valence-corrected chi connectivity index (χ2v) is 6.41. The van der Waals surface area contributed by atoms with Crippen molar-refractivity contribution in [1.29, 1.82) is 0 Å². The van der Waals surface area contributed by atoms with E-state index in [9.17, 15) is 14.4 Å². The molecule has 8 heteroatoms. The second kappa shape index (κ2) is 11.3. The maximum absolute atomic E-state index is 12.3. The summed E-state index contributed by atoms with van der Waals surface area (Å²) in [5.74, 6) is 0.381. The van der Waals surface area contributed by atoms with Crippen LogP contribution in [0.15, 0.2) is 48.5 Å². The molecule has 0 fully saturated rings. The Morgan fingerprint density at radius 3 is 2.10 bits per heavy atom. The zero-order chi connectivity index (χ0) is 21.1. The zero-order valence-electron chi connectivity index (χ0n) is 16.4. The average molecular weight is 398 g/mol. The quantitative estimate of drug-likeness (QED) is 0.459. The number of carbonyl (C=O) groups is 3. The van der Waals surface area contributed by atoms with Crippen LogP contribution in [0.4, 0.5) is 16.2 Å². The van der Waals surface area contributed by atoms with Crippen molar-refractivity contribution >= 4 is 29.2 Å². The number of benzene rings is 2. The molecule has 5 N–H and O–H groups in total. The van der Waals surface area contributed by atoms with E-state index in [-0.39, 0.29) is 11.8 Å². The fourth-order valence-corrected chi connectivity index (χ4v) is 2.60. The Balaban J connectivity index is 1.74. The van der Waals surface area contributed by atoms with Crippen LogP contribution in [0.1, 0.15) is 36.0 Å². The third kappa shape index (κ3) is 7.92. The molecule has 0 atom stereocenters. The van der Waals surface area contributed by atoms with Gasteiger partial charge >= 0.3 is 6.03 Å². The van der Waals surface area contributed by atoms with Gasteiger partial charge in [0.25, 0.3) is 5.91 Å². The molecule has 29 heavy (non-hydrogen) atoms. The molecule has 4 amide bonds. The summed E-state index contributed by atoms with van der Waals surface area (Å²) in [6.45, 7) is 0.511. The number of methoxy groups -OCH3 is 1. The predicted octanol–water partition coefficient (Wildman–Crippen LogP) is 3.11. The minimum atomic E-state index is -0.538. The minimum absolute atomic E-state index is 0.0942. The van der Waals surface area contributed by atoms with Gasteiger partial charge in [0.2, 0.25) is 5.91 Å². The van der Waals surface area contributed by atoms with Crippen LogP contribution in [0.2, 0.25) is 0 Å². The molecule has 0 aliphatic rings. The van der Waals surface area contributed by atoms with Crippen LogP contribution in [0.25, 0.3) is 0 Å². The van der Waals surface area contributed by atoms with Crippen LogP contribution >= 0.6 is 0 Å². The minimum Gasteiger partial charge on any atom is -0.497 e. The fourth-order valence-electron chi connectivity index (χ4n) is 2.60. The van der Waals surface area contributed by atoms with Gasteiger partial charge in [-0.2, -0.15) is 0 Å². The molecule has 0 aliphatic heterocycles. The Labute approximate surface area is 169 Å². The highest BCUT2D eigenvalue weighted by Crippen LogP contribution is 2.17. The smallest absolute Gasteiger partial charge is 0.312 e. The van der Waals surface area contributed by atoms with Gasteiger partial charge in [0, 0.05) is 29.9 Å². The Hall–Kier alpha value is -3.55. The van der Waals surface area contributed by atoms with Crippen molar-refractivity contribution in [3.63, 3.8) is 0 Å². The highest BCUT2D eigenvalue weighted by atomic mass is 16.5. The highest BCUT2D eigenvalue weighted by Gasteiger charge is 2.08. The van der Waals surface area contributed by atoms with Crippen LogP contribution in [-0.2, 0) is 4.79 Å². The summed E-state index contributed by atoms with van der Waals surface area (Å²) in [7, 11) is 1.58. The van der Waals surface area contributed by atoms with Gasteiger partial charge in [0.05, 0.1) is 7.11 Å². The molecule has 0 aliphatic carbocycles. The monoisotopic (exact) mass is 398 g/mol. The lowest BCUT2D eigenvalue weighted by molar-refractivity contribution is -0.116. The molecule has 8 nitrogen and oxygen atoms in total. The molecule has 2 rings (SSSR count). The van der Waals surface area contributed by atoms with Crippen molar-refractivity contribution < 1.29 is 19.1 Å². The first-order valence-corrected chi connectivity index (χ1v) is 9.36. The fraction of sp³-hybridized carbons (Fsp3) is 0.286. The van der Waals surface area contributed by atoms with E-state index in [1.165, 1.54) is 0 Å². The Bertz CT molecular complexity index is 820. The number of hydrogen-bond donors (Lipinski definition) is 4. The van der Waals surface area contributed by atoms with Crippen molar-refractivity contribution in [3.05, 3.63) is 54.1 Å². The first-order valence-electron chi connectivity index (χ1n) is 9.36. The molecule has 0 heterocycles. The molecule has 2 aromatic rings. The number of rotatable bonds is 10. The number of carbonyl (C=O) groups excluding carboxylic acids is 3. The predicted molar refractivity (Wildman–Crippen MR) is 112 cm³/mol. The number of ether oxygens (including phenoxy) is 1. The molecule has 0 saturated heterocycles. The number of unbranched alkanes of at least 4 members (excludes halogenated alkanes) is 2. The number of amides is 4. The molecule has 154 valence electrons.